The Morgan fingerprint density at radius 3 is 2.65 bits per heavy atom. The molecule has 1 aromatic heterocycles. The van der Waals surface area contributed by atoms with Gasteiger partial charge in [-0.15, -0.1) is 11.3 Å². The van der Waals surface area contributed by atoms with Gasteiger partial charge in [0.1, 0.15) is 16.9 Å². The molecule has 4 nitrogen and oxygen atoms in total. The van der Waals surface area contributed by atoms with E-state index in [1.807, 2.05) is 32.9 Å². The molecule has 0 saturated heterocycles. The van der Waals surface area contributed by atoms with E-state index in [0.717, 1.165) is 26.6 Å². The lowest BCUT2D eigenvalue weighted by Gasteiger charge is -2.27. The number of fused-ring (bicyclic) bond motifs is 1. The van der Waals surface area contributed by atoms with E-state index in [1.54, 1.807) is 17.4 Å². The number of hydrogen-bond acceptors (Lipinski definition) is 4. The van der Waals surface area contributed by atoms with Gasteiger partial charge >= 0.3 is 0 Å². The number of rotatable bonds is 1. The van der Waals surface area contributed by atoms with E-state index < -0.39 is 6.17 Å². The zero-order chi connectivity index (χ0) is 14.4. The first-order valence-corrected chi connectivity index (χ1v) is 7.26. The largest absolute Gasteiger partial charge is 0.508 e. The molecule has 1 atom stereocenters. The zero-order valence-electron chi connectivity index (χ0n) is 11.6. The highest BCUT2D eigenvalue weighted by Crippen LogP contribution is 2.38. The molecule has 1 aliphatic rings. The molecule has 2 heterocycles. The summed E-state index contributed by atoms with van der Waals surface area (Å²) >= 11 is 1.57. The average molecular weight is 288 g/mol. The minimum atomic E-state index is -0.395. The van der Waals surface area contributed by atoms with Crippen molar-refractivity contribution in [2.24, 2.45) is 0 Å². The van der Waals surface area contributed by atoms with Crippen LogP contribution in [0.15, 0.2) is 18.2 Å². The second-order valence-electron chi connectivity index (χ2n) is 5.10. The molecule has 1 aliphatic heterocycles. The molecular formula is C15H16N2O2S. The monoisotopic (exact) mass is 288 g/mol. The number of aryl methyl sites for hydroxylation is 2. The van der Waals surface area contributed by atoms with Crippen molar-refractivity contribution in [3.63, 3.8) is 0 Å². The standard InChI is InChI=1S/C15H16N2O2S/c1-7-4-5-10(11(18)6-7)13-16-14(19)12-8(2)9(3)20-15(12)17-13/h4-6,13,17-18H,1-3H3,(H,16,19)/t13-/m1/s1. The van der Waals surface area contributed by atoms with Gasteiger partial charge < -0.3 is 15.7 Å². The Balaban J connectivity index is 2.01. The van der Waals surface area contributed by atoms with Gasteiger partial charge in [-0.05, 0) is 38.0 Å². The zero-order valence-corrected chi connectivity index (χ0v) is 12.4. The van der Waals surface area contributed by atoms with Crippen molar-refractivity contribution < 1.29 is 9.90 Å². The molecule has 1 amide bonds. The van der Waals surface area contributed by atoms with Crippen molar-refractivity contribution >= 4 is 22.2 Å². The van der Waals surface area contributed by atoms with Gasteiger partial charge in [0, 0.05) is 10.4 Å². The molecule has 0 unspecified atom stereocenters. The molecule has 2 aromatic rings. The van der Waals surface area contributed by atoms with Gasteiger partial charge in [0.05, 0.1) is 5.56 Å². The van der Waals surface area contributed by atoms with E-state index in [-0.39, 0.29) is 11.7 Å². The van der Waals surface area contributed by atoms with Crippen LogP contribution in [0, 0.1) is 20.8 Å². The van der Waals surface area contributed by atoms with Crippen LogP contribution in [-0.2, 0) is 0 Å². The third kappa shape index (κ3) is 1.94. The molecular weight excluding hydrogens is 272 g/mol. The van der Waals surface area contributed by atoms with E-state index in [4.69, 9.17) is 0 Å². The maximum atomic E-state index is 12.3. The Kier molecular flexibility index (Phi) is 2.94. The van der Waals surface area contributed by atoms with Gasteiger partial charge in [-0.2, -0.15) is 0 Å². The Morgan fingerprint density at radius 2 is 1.95 bits per heavy atom. The Labute approximate surface area is 121 Å². The van der Waals surface area contributed by atoms with Crippen LogP contribution in [0.3, 0.4) is 0 Å². The summed E-state index contributed by atoms with van der Waals surface area (Å²) in [6, 6.07) is 5.45. The van der Waals surface area contributed by atoms with E-state index in [2.05, 4.69) is 10.6 Å². The molecule has 0 bridgehead atoms. The second-order valence-corrected chi connectivity index (χ2v) is 6.33. The number of aromatic hydroxyl groups is 1. The SMILES string of the molecule is Cc1ccc([C@@H]2NC(=O)c3c(sc(C)c3C)N2)c(O)c1. The molecule has 20 heavy (non-hydrogen) atoms. The minimum Gasteiger partial charge on any atom is -0.508 e. The van der Waals surface area contributed by atoms with Crippen LogP contribution >= 0.6 is 11.3 Å². The fourth-order valence-corrected chi connectivity index (χ4v) is 3.51. The summed E-state index contributed by atoms with van der Waals surface area (Å²) in [5.74, 6) is 0.0989. The fraction of sp³-hybridized carbons (Fsp3) is 0.267. The first-order valence-electron chi connectivity index (χ1n) is 6.44. The molecule has 0 spiro atoms. The number of amides is 1. The van der Waals surface area contributed by atoms with Crippen LogP contribution in [0.1, 0.15) is 38.1 Å². The Morgan fingerprint density at radius 1 is 1.20 bits per heavy atom. The highest BCUT2D eigenvalue weighted by Gasteiger charge is 2.29. The first kappa shape index (κ1) is 13.0. The molecule has 0 fully saturated rings. The van der Waals surface area contributed by atoms with Gasteiger partial charge in [-0.1, -0.05) is 12.1 Å². The predicted molar refractivity (Wildman–Crippen MR) is 80.5 cm³/mol. The number of phenolic OH excluding ortho intramolecular Hbond substituents is 1. The Bertz CT molecular complexity index is 706. The summed E-state index contributed by atoms with van der Waals surface area (Å²) in [4.78, 5) is 13.4. The van der Waals surface area contributed by atoms with E-state index >= 15 is 0 Å². The third-order valence-electron chi connectivity index (χ3n) is 3.66. The fourth-order valence-electron chi connectivity index (χ4n) is 2.43. The van der Waals surface area contributed by atoms with Gasteiger partial charge in [0.15, 0.2) is 0 Å². The van der Waals surface area contributed by atoms with Gasteiger partial charge in [-0.25, -0.2) is 0 Å². The van der Waals surface area contributed by atoms with Crippen molar-refractivity contribution in [2.75, 3.05) is 5.32 Å². The van der Waals surface area contributed by atoms with E-state index in [9.17, 15) is 9.90 Å². The molecule has 5 heteroatoms. The number of carbonyl (C=O) groups excluding carboxylic acids is 1. The molecule has 1 aromatic carbocycles. The second kappa shape index (κ2) is 4.52. The quantitative estimate of drug-likeness (QED) is 0.755. The average Bonchev–Trinajstić information content (AvgIpc) is 2.65. The summed E-state index contributed by atoms with van der Waals surface area (Å²) in [6.45, 7) is 5.88. The topological polar surface area (TPSA) is 61.4 Å². The molecule has 0 saturated carbocycles. The van der Waals surface area contributed by atoms with Crippen LogP contribution in [0.5, 0.6) is 5.75 Å². The van der Waals surface area contributed by atoms with Crippen LogP contribution in [0.4, 0.5) is 5.00 Å². The molecule has 0 radical (unpaired) electrons. The first-order chi connectivity index (χ1) is 9.47. The smallest absolute Gasteiger partial charge is 0.256 e. The normalized spacial score (nSPS) is 17.4. The van der Waals surface area contributed by atoms with E-state index in [1.165, 1.54) is 0 Å². The van der Waals surface area contributed by atoms with Crippen LogP contribution < -0.4 is 10.6 Å². The number of anilines is 1. The maximum Gasteiger partial charge on any atom is 0.256 e. The Hall–Kier alpha value is -2.01. The highest BCUT2D eigenvalue weighted by atomic mass is 32.1. The summed E-state index contributed by atoms with van der Waals surface area (Å²) in [6.07, 6.45) is -0.395. The number of hydrogen-bond donors (Lipinski definition) is 3. The molecule has 104 valence electrons. The summed E-state index contributed by atoms with van der Waals surface area (Å²) < 4.78 is 0. The lowest BCUT2D eigenvalue weighted by Crippen LogP contribution is -2.38. The number of benzene rings is 1. The lowest BCUT2D eigenvalue weighted by molar-refractivity contribution is 0.0935. The molecule has 0 aliphatic carbocycles. The van der Waals surface area contributed by atoms with Crippen molar-refractivity contribution in [2.45, 2.75) is 26.9 Å². The highest BCUT2D eigenvalue weighted by molar-refractivity contribution is 7.16. The minimum absolute atomic E-state index is 0.0921. The van der Waals surface area contributed by atoms with E-state index in [0.29, 0.717) is 5.56 Å². The number of nitrogens with one attached hydrogen (secondary N) is 2. The summed E-state index contributed by atoms with van der Waals surface area (Å²) in [5.41, 5.74) is 3.40. The van der Waals surface area contributed by atoms with Crippen molar-refractivity contribution in [1.29, 1.82) is 0 Å². The lowest BCUT2D eigenvalue weighted by atomic mass is 10.0. The number of phenols is 1. The van der Waals surface area contributed by atoms with Crippen LogP contribution in [0.25, 0.3) is 0 Å². The van der Waals surface area contributed by atoms with Crippen molar-refractivity contribution in [1.82, 2.24) is 5.32 Å². The van der Waals surface area contributed by atoms with Gasteiger partial charge in [0.25, 0.3) is 5.91 Å². The number of carbonyl (C=O) groups is 1. The predicted octanol–water partition coefficient (Wildman–Crippen LogP) is 3.23. The van der Waals surface area contributed by atoms with Crippen molar-refractivity contribution in [3.05, 3.63) is 45.3 Å². The third-order valence-corrected chi connectivity index (χ3v) is 4.80. The van der Waals surface area contributed by atoms with Crippen LogP contribution in [-0.4, -0.2) is 11.0 Å². The molecule has 3 N–H and O–H groups in total. The van der Waals surface area contributed by atoms with Gasteiger partial charge in [-0.3, -0.25) is 4.79 Å². The summed E-state index contributed by atoms with van der Waals surface area (Å²) in [5, 5.41) is 17.1. The van der Waals surface area contributed by atoms with Crippen LogP contribution in [0.2, 0.25) is 0 Å². The van der Waals surface area contributed by atoms with Gasteiger partial charge in [0.2, 0.25) is 0 Å². The maximum absolute atomic E-state index is 12.3. The summed E-state index contributed by atoms with van der Waals surface area (Å²) in [7, 11) is 0. The molecule has 3 rings (SSSR count). The number of thiophene rings is 1. The van der Waals surface area contributed by atoms with Crippen molar-refractivity contribution in [3.8, 4) is 5.75 Å².